The van der Waals surface area contributed by atoms with E-state index in [2.05, 4.69) is 47.6 Å². The first kappa shape index (κ1) is 52.6. The molecule has 10 heteroatoms. The molecule has 0 aromatic carbocycles. The zero-order valence-corrected chi connectivity index (χ0v) is 42.8. The number of aliphatic hydroxyl groups excluding tert-OH is 2. The van der Waals surface area contributed by atoms with Crippen molar-refractivity contribution < 1.29 is 74.3 Å². The second-order valence-electron chi connectivity index (χ2n) is 23.1. The third kappa shape index (κ3) is 8.95. The van der Waals surface area contributed by atoms with Crippen LogP contribution in [0, 0.1) is 92.7 Å². The van der Waals surface area contributed by atoms with E-state index >= 15 is 0 Å². The van der Waals surface area contributed by atoms with Crippen molar-refractivity contribution in [1.29, 1.82) is 0 Å². The summed E-state index contributed by atoms with van der Waals surface area (Å²) in [5.41, 5.74) is 2.58. The summed E-state index contributed by atoms with van der Waals surface area (Å²) < 4.78 is 4.87. The van der Waals surface area contributed by atoms with Crippen LogP contribution < -0.4 is 29.6 Å². The van der Waals surface area contributed by atoms with Crippen molar-refractivity contribution in [2.45, 2.75) is 183 Å². The van der Waals surface area contributed by atoms with Gasteiger partial charge in [-0.15, -0.1) is 0 Å². The smallest absolute Gasteiger partial charge is 0.870 e. The Kier molecular flexibility index (Phi) is 16.8. The Morgan fingerprint density at radius 3 is 1.37 bits per heavy atom. The first-order valence-corrected chi connectivity index (χ1v) is 24.9. The molecule has 8 aliphatic carbocycles. The van der Waals surface area contributed by atoms with Crippen LogP contribution in [0.15, 0.2) is 23.3 Å². The molecule has 9 nitrogen and oxygen atoms in total. The summed E-state index contributed by atoms with van der Waals surface area (Å²) in [4.78, 5) is 50.5. The number of fused-ring (bicyclic) bond motifs is 10. The number of methoxy groups -OCH3 is 1. The number of hydrogen-bond donors (Lipinski definition) is 3. The molecule has 4 N–H and O–H groups in total. The summed E-state index contributed by atoms with van der Waals surface area (Å²) in [5.74, 6) is 4.31. The summed E-state index contributed by atoms with van der Waals surface area (Å²) in [7, 11) is 1.47. The van der Waals surface area contributed by atoms with Crippen LogP contribution in [0.3, 0.4) is 0 Å². The Bertz CT molecular complexity index is 1760. The molecule has 0 bridgehead atoms. The Morgan fingerprint density at radius 1 is 0.635 bits per heavy atom. The van der Waals surface area contributed by atoms with Crippen LogP contribution in [0.4, 0.5) is 0 Å². The predicted molar refractivity (Wildman–Crippen MR) is 240 cm³/mol. The average Bonchev–Trinajstić information content (AvgIpc) is 3.77. The van der Waals surface area contributed by atoms with E-state index < -0.39 is 5.97 Å². The van der Waals surface area contributed by atoms with Gasteiger partial charge < -0.3 is 25.5 Å². The van der Waals surface area contributed by atoms with E-state index in [0.29, 0.717) is 65.3 Å². The number of carboxylic acids is 1. The number of carbonyl (C=O) groups is 4. The molecular formula is C53H83NaO9. The van der Waals surface area contributed by atoms with Crippen LogP contribution in [0.5, 0.6) is 0 Å². The molecule has 8 rings (SSSR count). The molecule has 10 unspecified atom stereocenters. The number of ketones is 2. The zero-order valence-electron chi connectivity index (χ0n) is 40.8. The number of aliphatic carboxylic acids is 1. The number of hydrogen-bond acceptors (Lipinski definition) is 8. The average molecular weight is 887 g/mol. The van der Waals surface area contributed by atoms with Crippen LogP contribution in [-0.4, -0.2) is 63.6 Å². The largest absolute Gasteiger partial charge is 1.00 e. The molecular weight excluding hydrogens is 804 g/mol. The molecule has 63 heavy (non-hydrogen) atoms. The van der Waals surface area contributed by atoms with Crippen molar-refractivity contribution in [1.82, 2.24) is 0 Å². The summed E-state index contributed by atoms with van der Waals surface area (Å²) >= 11 is 0. The van der Waals surface area contributed by atoms with Gasteiger partial charge in [0.2, 0.25) is 0 Å². The molecule has 0 aliphatic heterocycles. The van der Waals surface area contributed by atoms with Crippen molar-refractivity contribution >= 4 is 23.5 Å². The van der Waals surface area contributed by atoms with Crippen molar-refractivity contribution in [3.8, 4) is 0 Å². The van der Waals surface area contributed by atoms with Crippen molar-refractivity contribution in [2.75, 3.05) is 7.11 Å². The molecule has 0 amide bonds. The fourth-order valence-electron chi connectivity index (χ4n) is 17.5. The Balaban J connectivity index is 0.000000230. The standard InChI is InChI=1S/C27H42O4.C26H40O4.Na.H2O/c1-6-18-22-15-17(28)11-13-27(22,4)21-12-14-26(3)19(16(2)7-10-23(29)31-5)8-9-20(26)24(21)25(18)30;1-5-17-21-14-16(27)10-12-26(21,4)20-11-13-25(3)18(15(2)6-9-22(28)29)7-8-19(25)23(20)24(17)30;;/h6,16-17,19-22,24,28H,7-15H2,1-5H3;5,15-16,18-21,23,27H,6-14H2,1-4H3,(H,28,29);;1H2/q;;+1;/p-1/b18-6+;17-5+;;/t16-,17-,19?,20?,21?,22?,24?,26-,27-;15-,16-,18?,19?,20?,21?,23?,25-,26-;;/m11../s1. The van der Waals surface area contributed by atoms with E-state index in [1.165, 1.54) is 20.0 Å². The molecule has 0 aromatic rings. The maximum absolute atomic E-state index is 13.9. The maximum Gasteiger partial charge on any atom is 1.00 e. The van der Waals surface area contributed by atoms with Crippen LogP contribution in [0.2, 0.25) is 0 Å². The van der Waals surface area contributed by atoms with Gasteiger partial charge in [0.25, 0.3) is 0 Å². The van der Waals surface area contributed by atoms with Crippen LogP contribution in [-0.2, 0) is 23.9 Å². The van der Waals surface area contributed by atoms with E-state index in [9.17, 15) is 29.4 Å². The monoisotopic (exact) mass is 887 g/mol. The second-order valence-corrected chi connectivity index (χ2v) is 23.1. The zero-order chi connectivity index (χ0) is 44.4. The molecule has 0 spiro atoms. The quantitative estimate of drug-likeness (QED) is 0.128. The van der Waals surface area contributed by atoms with Crippen molar-refractivity contribution in [3.63, 3.8) is 0 Å². The van der Waals surface area contributed by atoms with Crippen molar-refractivity contribution in [3.05, 3.63) is 23.3 Å². The summed E-state index contributed by atoms with van der Waals surface area (Å²) in [6.07, 6.45) is 20.3. The Hall–Kier alpha value is -1.36. The second kappa shape index (κ2) is 20.1. The number of allylic oxidation sites excluding steroid dienone is 4. The number of ether oxygens (including phenoxy) is 1. The van der Waals surface area contributed by atoms with E-state index in [1.807, 2.05) is 19.9 Å². The number of rotatable bonds is 8. The topological polar surface area (TPSA) is 168 Å². The van der Waals surface area contributed by atoms with Gasteiger partial charge in [0.05, 0.1) is 19.3 Å². The molecule has 0 heterocycles. The first-order valence-electron chi connectivity index (χ1n) is 24.9. The Morgan fingerprint density at radius 2 is 1.00 bits per heavy atom. The molecule has 0 aromatic heterocycles. The molecule has 0 saturated heterocycles. The summed E-state index contributed by atoms with van der Waals surface area (Å²) in [5, 5.41) is 29.9. The molecule has 0 radical (unpaired) electrons. The molecule has 350 valence electrons. The van der Waals surface area contributed by atoms with Gasteiger partial charge in [0.1, 0.15) is 0 Å². The van der Waals surface area contributed by atoms with Crippen molar-refractivity contribution in [2.24, 2.45) is 92.7 Å². The van der Waals surface area contributed by atoms with E-state index in [0.717, 1.165) is 101 Å². The van der Waals surface area contributed by atoms with Gasteiger partial charge in [-0.25, -0.2) is 0 Å². The van der Waals surface area contributed by atoms with E-state index in [4.69, 9.17) is 9.84 Å². The predicted octanol–water partition coefficient (Wildman–Crippen LogP) is 7.40. The SMILES string of the molecule is C/C=C1/C(=O)C2C(CC[C@@]3(C)C2CCC3[C@H](C)CCC(=O)O)[C@@]2(C)CC[C@@H](O)CC12.C/C=C1/C(=O)C2C(CC[C@@]3(C)C2CCC3[C@H](C)CCC(=O)OC)[C@@]2(C)CC[C@@H](O)CC12.[Na+].[OH-]. The van der Waals surface area contributed by atoms with E-state index in [1.54, 1.807) is 0 Å². The number of aliphatic hydroxyl groups is 2. The minimum atomic E-state index is -0.705. The molecule has 18 atom stereocenters. The van der Waals surface area contributed by atoms with Crippen LogP contribution in [0.25, 0.3) is 0 Å². The first-order chi connectivity index (χ1) is 28.8. The number of carbonyl (C=O) groups excluding carboxylic acids is 3. The van der Waals surface area contributed by atoms with Gasteiger partial charge in [-0.05, 0) is 209 Å². The molecule has 8 aliphatic rings. The minimum Gasteiger partial charge on any atom is -0.870 e. The van der Waals surface area contributed by atoms with Gasteiger partial charge in [-0.3, -0.25) is 19.2 Å². The number of Topliss-reactive ketones (excluding diaryl/α,β-unsaturated/α-hetero) is 2. The van der Waals surface area contributed by atoms with Gasteiger partial charge in [-0.1, -0.05) is 53.7 Å². The normalized spacial score (nSPS) is 45.9. The van der Waals surface area contributed by atoms with Gasteiger partial charge in [-0.2, -0.15) is 0 Å². The fraction of sp³-hybridized carbons (Fsp3) is 0.849. The number of carboxylic acid groups (broad SMARTS) is 1. The van der Waals surface area contributed by atoms with E-state index in [-0.39, 0.29) is 105 Å². The van der Waals surface area contributed by atoms with Gasteiger partial charge in [0, 0.05) is 24.7 Å². The minimum absolute atomic E-state index is 0. The summed E-state index contributed by atoms with van der Waals surface area (Å²) in [6, 6.07) is 0. The van der Waals surface area contributed by atoms with Gasteiger partial charge >= 0.3 is 41.5 Å². The Labute approximate surface area is 401 Å². The van der Waals surface area contributed by atoms with Crippen LogP contribution >= 0.6 is 0 Å². The third-order valence-electron chi connectivity index (χ3n) is 20.8. The van der Waals surface area contributed by atoms with Crippen LogP contribution in [0.1, 0.15) is 171 Å². The summed E-state index contributed by atoms with van der Waals surface area (Å²) in [6.45, 7) is 18.2. The number of esters is 1. The molecule has 8 fully saturated rings. The maximum atomic E-state index is 13.9. The fourth-order valence-corrected chi connectivity index (χ4v) is 17.5. The van der Waals surface area contributed by atoms with Gasteiger partial charge in [0.15, 0.2) is 11.6 Å². The third-order valence-corrected chi connectivity index (χ3v) is 20.8. The molecule has 8 saturated carbocycles.